The molecule has 2 rings (SSSR count). The Labute approximate surface area is 150 Å². The molecular weight excluding hydrogens is 344 g/mol. The van der Waals surface area contributed by atoms with Crippen LogP contribution in [0.1, 0.15) is 18.9 Å². The summed E-state index contributed by atoms with van der Waals surface area (Å²) >= 11 is 1.58. The maximum Gasteiger partial charge on any atom is 0.326 e. The second-order valence-electron chi connectivity index (χ2n) is 5.58. The monoisotopic (exact) mass is 364 g/mol. The molecule has 0 aromatic heterocycles. The van der Waals surface area contributed by atoms with E-state index in [4.69, 9.17) is 4.74 Å². The highest BCUT2D eigenvalue weighted by atomic mass is 32.2. The van der Waals surface area contributed by atoms with Crippen LogP contribution in [0, 0.1) is 16.0 Å². The van der Waals surface area contributed by atoms with E-state index in [-0.39, 0.29) is 36.0 Å². The molecule has 1 aliphatic rings. The van der Waals surface area contributed by atoms with Crippen molar-refractivity contribution in [2.75, 3.05) is 12.3 Å². The number of nitro benzene ring substituents is 1. The maximum absolute atomic E-state index is 12.1. The normalized spacial score (nSPS) is 19.2. The molecule has 1 amide bonds. The number of hydrogen-bond donors (Lipinski definition) is 0. The summed E-state index contributed by atoms with van der Waals surface area (Å²) in [7, 11) is 0. The summed E-state index contributed by atoms with van der Waals surface area (Å²) in [6.07, 6.45) is 2.51. The van der Waals surface area contributed by atoms with Crippen molar-refractivity contribution < 1.29 is 19.2 Å². The van der Waals surface area contributed by atoms with E-state index < -0.39 is 10.9 Å². The molecule has 2 atom stereocenters. The van der Waals surface area contributed by atoms with Crippen LogP contribution in [0.3, 0.4) is 0 Å². The lowest BCUT2D eigenvalue weighted by atomic mass is 9.95. The van der Waals surface area contributed by atoms with Gasteiger partial charge in [-0.15, -0.1) is 18.3 Å². The summed E-state index contributed by atoms with van der Waals surface area (Å²) in [4.78, 5) is 35.7. The zero-order valence-corrected chi connectivity index (χ0v) is 14.7. The Hall–Kier alpha value is -2.35. The minimum atomic E-state index is -0.495. The number of nitro groups is 1. The summed E-state index contributed by atoms with van der Waals surface area (Å²) in [6.45, 7) is 5.55. The van der Waals surface area contributed by atoms with Crippen LogP contribution in [0.25, 0.3) is 0 Å². The Kier molecular flexibility index (Phi) is 6.58. The second-order valence-corrected chi connectivity index (χ2v) is 6.73. The third-order valence-electron chi connectivity index (χ3n) is 3.92. The summed E-state index contributed by atoms with van der Waals surface area (Å²) in [5.74, 6) is 0.122. The maximum atomic E-state index is 12.1. The molecule has 1 saturated heterocycles. The van der Waals surface area contributed by atoms with Crippen molar-refractivity contribution in [3.8, 4) is 0 Å². The molecule has 1 fully saturated rings. The second kappa shape index (κ2) is 8.66. The van der Waals surface area contributed by atoms with Gasteiger partial charge in [0.1, 0.15) is 13.2 Å². The third kappa shape index (κ3) is 4.60. The molecule has 1 aromatic rings. The van der Waals surface area contributed by atoms with Crippen molar-refractivity contribution in [1.29, 1.82) is 0 Å². The van der Waals surface area contributed by atoms with Gasteiger partial charge in [0.15, 0.2) is 0 Å². The van der Waals surface area contributed by atoms with Crippen LogP contribution in [0.15, 0.2) is 36.9 Å². The number of rotatable bonds is 9. The first-order chi connectivity index (χ1) is 12.0. The van der Waals surface area contributed by atoms with E-state index in [0.29, 0.717) is 11.3 Å². The van der Waals surface area contributed by atoms with Crippen LogP contribution >= 0.6 is 11.8 Å². The predicted octanol–water partition coefficient (Wildman–Crippen LogP) is 2.75. The van der Waals surface area contributed by atoms with Gasteiger partial charge in [0.2, 0.25) is 5.91 Å². The van der Waals surface area contributed by atoms with Gasteiger partial charge in [-0.3, -0.25) is 19.7 Å². The molecular formula is C17H20N2O5S. The lowest BCUT2D eigenvalue weighted by Gasteiger charge is -2.45. The molecule has 1 aromatic carbocycles. The topological polar surface area (TPSA) is 89.8 Å². The Balaban J connectivity index is 1.85. The summed E-state index contributed by atoms with van der Waals surface area (Å²) < 4.78 is 5.17. The molecule has 0 radical (unpaired) electrons. The van der Waals surface area contributed by atoms with Gasteiger partial charge in [-0.1, -0.05) is 13.0 Å². The van der Waals surface area contributed by atoms with E-state index in [1.807, 2.05) is 6.92 Å². The van der Waals surface area contributed by atoms with Crippen molar-refractivity contribution in [2.45, 2.75) is 25.3 Å². The lowest BCUT2D eigenvalue weighted by molar-refractivity contribution is -0.384. The van der Waals surface area contributed by atoms with Gasteiger partial charge in [-0.05, 0) is 24.1 Å². The van der Waals surface area contributed by atoms with Gasteiger partial charge < -0.3 is 9.64 Å². The largest absolute Gasteiger partial charge is 0.459 e. The number of non-ortho nitro benzene ring substituents is 1. The number of thioether (sulfide) groups is 1. The quantitative estimate of drug-likeness (QED) is 0.220. The van der Waals surface area contributed by atoms with Crippen LogP contribution in [0.5, 0.6) is 0 Å². The van der Waals surface area contributed by atoms with Crippen molar-refractivity contribution >= 4 is 29.3 Å². The van der Waals surface area contributed by atoms with E-state index in [1.54, 1.807) is 17.8 Å². The van der Waals surface area contributed by atoms with Crippen molar-refractivity contribution in [3.05, 3.63) is 52.6 Å². The molecule has 7 nitrogen and oxygen atoms in total. The summed E-state index contributed by atoms with van der Waals surface area (Å²) in [6, 6.07) is 5.79. The minimum Gasteiger partial charge on any atom is -0.459 e. The smallest absolute Gasteiger partial charge is 0.326 e. The van der Waals surface area contributed by atoms with E-state index in [2.05, 4.69) is 6.58 Å². The average molecular weight is 364 g/mol. The molecule has 2 unspecified atom stereocenters. The van der Waals surface area contributed by atoms with Gasteiger partial charge in [0, 0.05) is 17.9 Å². The zero-order valence-electron chi connectivity index (χ0n) is 13.9. The number of amides is 1. The molecule has 0 saturated carbocycles. The van der Waals surface area contributed by atoms with Crippen LogP contribution in [0.2, 0.25) is 0 Å². The average Bonchev–Trinajstić information content (AvgIpc) is 2.61. The number of likely N-dealkylation sites (tertiary alicyclic amines) is 1. The molecule has 0 spiro atoms. The highest BCUT2D eigenvalue weighted by Crippen LogP contribution is 2.36. The standard InChI is InChI=1S/C17H20N2O5S/c1-3-9-25-17-14(4-2)16(21)18(17)10-15(20)24-11-12-5-7-13(8-6-12)19(22)23/h3,5-8,14,17H,1,4,9-11H2,2H3. The number of nitrogens with zero attached hydrogens (tertiary/aromatic N) is 2. The zero-order chi connectivity index (χ0) is 18.4. The van der Waals surface area contributed by atoms with Crippen LogP contribution in [-0.4, -0.2) is 39.4 Å². The summed E-state index contributed by atoms with van der Waals surface area (Å²) in [5.41, 5.74) is 0.631. The lowest BCUT2D eigenvalue weighted by Crippen LogP contribution is -2.60. The number of β-lactam (4-membered cyclic amide) rings is 1. The first-order valence-electron chi connectivity index (χ1n) is 7.89. The molecule has 1 aliphatic heterocycles. The van der Waals surface area contributed by atoms with E-state index in [1.165, 1.54) is 29.2 Å². The third-order valence-corrected chi connectivity index (χ3v) is 5.28. The van der Waals surface area contributed by atoms with Gasteiger partial charge in [0.25, 0.3) is 5.69 Å². The highest BCUT2D eigenvalue weighted by Gasteiger charge is 2.46. The Morgan fingerprint density at radius 3 is 2.68 bits per heavy atom. The van der Waals surface area contributed by atoms with Crippen molar-refractivity contribution in [2.24, 2.45) is 5.92 Å². The number of esters is 1. The number of carbonyl (C=O) groups is 2. The van der Waals surface area contributed by atoms with Gasteiger partial charge >= 0.3 is 5.97 Å². The van der Waals surface area contributed by atoms with E-state index in [0.717, 1.165) is 6.42 Å². The molecule has 0 aliphatic carbocycles. The fourth-order valence-corrected chi connectivity index (χ4v) is 3.81. The Bertz CT molecular complexity index is 662. The Morgan fingerprint density at radius 2 is 2.12 bits per heavy atom. The number of hydrogen-bond acceptors (Lipinski definition) is 6. The first-order valence-corrected chi connectivity index (χ1v) is 8.94. The fourth-order valence-electron chi connectivity index (χ4n) is 2.57. The van der Waals surface area contributed by atoms with E-state index in [9.17, 15) is 19.7 Å². The first kappa shape index (κ1) is 19.0. The van der Waals surface area contributed by atoms with Crippen molar-refractivity contribution in [1.82, 2.24) is 4.90 Å². The minimum absolute atomic E-state index is 0.0144. The summed E-state index contributed by atoms with van der Waals surface area (Å²) in [5, 5.41) is 10.6. The van der Waals surface area contributed by atoms with Gasteiger partial charge in [0.05, 0.1) is 16.2 Å². The van der Waals surface area contributed by atoms with Gasteiger partial charge in [-0.25, -0.2) is 0 Å². The number of benzene rings is 1. The Morgan fingerprint density at radius 1 is 1.44 bits per heavy atom. The highest BCUT2D eigenvalue weighted by molar-refractivity contribution is 8.00. The molecule has 134 valence electrons. The van der Waals surface area contributed by atoms with Crippen LogP contribution < -0.4 is 0 Å². The molecule has 0 N–H and O–H groups in total. The number of carbonyl (C=O) groups excluding carboxylic acids is 2. The molecule has 0 bridgehead atoms. The van der Waals surface area contributed by atoms with E-state index >= 15 is 0 Å². The van der Waals surface area contributed by atoms with Crippen LogP contribution in [-0.2, 0) is 20.9 Å². The molecule has 25 heavy (non-hydrogen) atoms. The fraction of sp³-hybridized carbons (Fsp3) is 0.412. The van der Waals surface area contributed by atoms with Crippen molar-refractivity contribution in [3.63, 3.8) is 0 Å². The molecule has 1 heterocycles. The SMILES string of the molecule is C=CCSC1C(CC)C(=O)N1CC(=O)OCc1ccc([N+](=O)[O-])cc1. The predicted molar refractivity (Wildman–Crippen MR) is 94.8 cm³/mol. The van der Waals surface area contributed by atoms with Gasteiger partial charge in [-0.2, -0.15) is 0 Å². The molecule has 8 heteroatoms. The van der Waals surface area contributed by atoms with Crippen LogP contribution in [0.4, 0.5) is 5.69 Å². The number of ether oxygens (including phenoxy) is 1.